The van der Waals surface area contributed by atoms with Crippen LogP contribution in [0.15, 0.2) is 89.7 Å². The molecular formula is C27H26N5O3-. The van der Waals surface area contributed by atoms with E-state index in [-0.39, 0.29) is 23.3 Å². The SMILES string of the molecule is O=C(c1[nH]c(=O)n(-c2ccccc2N[O-])c1-c1ccccc1)N1CCNC[C@H]1Cc1ccccc1. The fraction of sp³-hybridized carbons (Fsp3) is 0.185. The van der Waals surface area contributed by atoms with E-state index in [1.54, 1.807) is 24.3 Å². The Morgan fingerprint density at radius 3 is 2.40 bits per heavy atom. The summed E-state index contributed by atoms with van der Waals surface area (Å²) >= 11 is 0. The van der Waals surface area contributed by atoms with Crippen LogP contribution in [0.25, 0.3) is 16.9 Å². The quantitative estimate of drug-likeness (QED) is 0.376. The first kappa shape index (κ1) is 22.6. The van der Waals surface area contributed by atoms with Gasteiger partial charge in [-0.05, 0) is 24.1 Å². The fourth-order valence-electron chi connectivity index (χ4n) is 4.68. The molecule has 1 aromatic heterocycles. The van der Waals surface area contributed by atoms with Crippen molar-refractivity contribution in [2.45, 2.75) is 12.5 Å². The molecule has 0 bridgehead atoms. The lowest BCUT2D eigenvalue weighted by Crippen LogP contribution is -2.54. The summed E-state index contributed by atoms with van der Waals surface area (Å²) in [6.45, 7) is 1.86. The Balaban J connectivity index is 1.61. The lowest BCUT2D eigenvalue weighted by molar-refractivity contribution is 0.0631. The Labute approximate surface area is 202 Å². The predicted octanol–water partition coefficient (Wildman–Crippen LogP) is 3.40. The molecule has 0 aliphatic carbocycles. The van der Waals surface area contributed by atoms with Crippen LogP contribution >= 0.6 is 0 Å². The van der Waals surface area contributed by atoms with Crippen LogP contribution in [0.5, 0.6) is 0 Å². The molecule has 1 atom stereocenters. The second-order valence-electron chi connectivity index (χ2n) is 8.52. The molecule has 3 N–H and O–H groups in total. The van der Waals surface area contributed by atoms with Crippen LogP contribution in [-0.4, -0.2) is 46.0 Å². The number of carbonyl (C=O) groups excluding carboxylic acids is 1. The van der Waals surface area contributed by atoms with E-state index in [0.29, 0.717) is 43.0 Å². The van der Waals surface area contributed by atoms with Gasteiger partial charge in [-0.15, -0.1) is 0 Å². The van der Waals surface area contributed by atoms with Crippen molar-refractivity contribution in [3.63, 3.8) is 0 Å². The summed E-state index contributed by atoms with van der Waals surface area (Å²) in [6, 6.07) is 26.0. The topological polar surface area (TPSA) is 105 Å². The standard InChI is InChI=1S/C27H26N5O3/c33-26(31-16-15-28-18-21(31)17-19-9-3-1-4-10-19)24-25(20-11-5-2-6-12-20)32(27(34)29-24)23-14-8-7-13-22(23)30-35/h1-14,21,28,30H,15-18H2,(H,29,34)/q-1/t21-/m1/s1. The number of nitrogens with zero attached hydrogens (tertiary/aromatic N) is 2. The van der Waals surface area contributed by atoms with Gasteiger partial charge in [0.25, 0.3) is 5.91 Å². The first-order chi connectivity index (χ1) is 17.2. The van der Waals surface area contributed by atoms with Gasteiger partial charge in [0.2, 0.25) is 0 Å². The van der Waals surface area contributed by atoms with Crippen LogP contribution in [0.4, 0.5) is 5.69 Å². The minimum absolute atomic E-state index is 0.0651. The van der Waals surface area contributed by atoms with Crippen molar-refractivity contribution in [3.05, 3.63) is 112 Å². The molecule has 4 aromatic rings. The molecule has 0 saturated carbocycles. The number of H-pyrrole nitrogens is 1. The van der Waals surface area contributed by atoms with E-state index in [4.69, 9.17) is 0 Å². The van der Waals surface area contributed by atoms with Gasteiger partial charge in [-0.1, -0.05) is 72.8 Å². The number of imidazole rings is 1. The van der Waals surface area contributed by atoms with Crippen LogP contribution < -0.4 is 16.5 Å². The van der Waals surface area contributed by atoms with Crippen molar-refractivity contribution in [3.8, 4) is 16.9 Å². The molecule has 0 spiro atoms. The third kappa shape index (κ3) is 4.49. The number of aromatic amines is 1. The van der Waals surface area contributed by atoms with Gasteiger partial charge >= 0.3 is 5.69 Å². The number of anilines is 1. The number of benzene rings is 3. The second-order valence-corrected chi connectivity index (χ2v) is 8.52. The van der Waals surface area contributed by atoms with Gasteiger partial charge in [0, 0.05) is 36.9 Å². The average Bonchev–Trinajstić information content (AvgIpc) is 3.26. The van der Waals surface area contributed by atoms with Crippen molar-refractivity contribution < 1.29 is 4.79 Å². The number of para-hydroxylation sites is 2. The molecule has 8 heteroatoms. The van der Waals surface area contributed by atoms with Gasteiger partial charge in [-0.2, -0.15) is 0 Å². The monoisotopic (exact) mass is 468 g/mol. The first-order valence-corrected chi connectivity index (χ1v) is 11.6. The number of carbonyl (C=O) groups is 1. The minimum atomic E-state index is -0.482. The van der Waals surface area contributed by atoms with Gasteiger partial charge in [0.15, 0.2) is 0 Å². The number of rotatable bonds is 6. The summed E-state index contributed by atoms with van der Waals surface area (Å²) in [5.74, 6) is -0.241. The number of nitrogens with one attached hydrogen (secondary N) is 3. The highest BCUT2D eigenvalue weighted by atomic mass is 16.5. The molecule has 1 saturated heterocycles. The van der Waals surface area contributed by atoms with Gasteiger partial charge in [-0.25, -0.2) is 4.79 Å². The molecule has 3 aromatic carbocycles. The van der Waals surface area contributed by atoms with Gasteiger partial charge in [0.1, 0.15) is 5.69 Å². The Morgan fingerprint density at radius 2 is 1.66 bits per heavy atom. The number of hydrogen-bond acceptors (Lipinski definition) is 5. The first-order valence-electron chi connectivity index (χ1n) is 11.6. The Kier molecular flexibility index (Phi) is 6.47. The molecule has 178 valence electrons. The van der Waals surface area contributed by atoms with Crippen LogP contribution in [0.3, 0.4) is 0 Å². The summed E-state index contributed by atoms with van der Waals surface area (Å²) in [4.78, 5) is 31.9. The number of aromatic nitrogens is 2. The summed E-state index contributed by atoms with van der Waals surface area (Å²) in [6.07, 6.45) is 0.703. The van der Waals surface area contributed by atoms with E-state index in [1.165, 1.54) is 4.57 Å². The minimum Gasteiger partial charge on any atom is -0.761 e. The molecule has 0 radical (unpaired) electrons. The molecular weight excluding hydrogens is 442 g/mol. The third-order valence-electron chi connectivity index (χ3n) is 6.34. The molecule has 2 heterocycles. The number of hydrogen-bond donors (Lipinski definition) is 3. The lowest BCUT2D eigenvalue weighted by Gasteiger charge is -2.36. The van der Waals surface area contributed by atoms with Crippen LogP contribution in [0, 0.1) is 5.21 Å². The maximum atomic E-state index is 14.0. The molecule has 35 heavy (non-hydrogen) atoms. The van der Waals surface area contributed by atoms with E-state index < -0.39 is 5.69 Å². The van der Waals surface area contributed by atoms with Crippen molar-refractivity contribution >= 4 is 11.6 Å². The van der Waals surface area contributed by atoms with Crippen molar-refractivity contribution in [2.24, 2.45) is 0 Å². The fourth-order valence-corrected chi connectivity index (χ4v) is 4.68. The molecule has 0 unspecified atom stereocenters. The molecule has 5 rings (SSSR count). The maximum absolute atomic E-state index is 14.0. The zero-order valence-electron chi connectivity index (χ0n) is 19.1. The molecule has 1 aliphatic heterocycles. The van der Waals surface area contributed by atoms with Gasteiger partial charge in [0.05, 0.1) is 11.4 Å². The summed E-state index contributed by atoms with van der Waals surface area (Å²) in [5, 5.41) is 15.0. The van der Waals surface area contributed by atoms with Gasteiger partial charge < -0.3 is 25.9 Å². The van der Waals surface area contributed by atoms with Gasteiger partial charge in [-0.3, -0.25) is 9.36 Å². The maximum Gasteiger partial charge on any atom is 0.331 e. The molecule has 1 amide bonds. The van der Waals surface area contributed by atoms with E-state index in [1.807, 2.05) is 58.9 Å². The molecule has 1 fully saturated rings. The predicted molar refractivity (Wildman–Crippen MR) is 137 cm³/mol. The summed E-state index contributed by atoms with van der Waals surface area (Å²) < 4.78 is 1.40. The highest BCUT2D eigenvalue weighted by molar-refractivity contribution is 5.99. The number of piperazine rings is 1. The average molecular weight is 469 g/mol. The Morgan fingerprint density at radius 1 is 0.971 bits per heavy atom. The largest absolute Gasteiger partial charge is 0.761 e. The van der Waals surface area contributed by atoms with E-state index in [2.05, 4.69) is 22.4 Å². The van der Waals surface area contributed by atoms with Crippen molar-refractivity contribution in [1.82, 2.24) is 19.8 Å². The lowest BCUT2D eigenvalue weighted by atomic mass is 10.0. The van der Waals surface area contributed by atoms with E-state index in [0.717, 1.165) is 5.56 Å². The van der Waals surface area contributed by atoms with Crippen molar-refractivity contribution in [2.75, 3.05) is 25.1 Å². The van der Waals surface area contributed by atoms with Crippen LogP contribution in [0.2, 0.25) is 0 Å². The normalized spacial score (nSPS) is 15.7. The smallest absolute Gasteiger partial charge is 0.331 e. The van der Waals surface area contributed by atoms with Crippen LogP contribution in [-0.2, 0) is 6.42 Å². The zero-order valence-corrected chi connectivity index (χ0v) is 19.1. The highest BCUT2D eigenvalue weighted by Gasteiger charge is 2.32. The summed E-state index contributed by atoms with van der Waals surface area (Å²) in [7, 11) is 0. The summed E-state index contributed by atoms with van der Waals surface area (Å²) in [5.41, 5.74) is 4.53. The highest BCUT2D eigenvalue weighted by Crippen LogP contribution is 2.29. The zero-order chi connectivity index (χ0) is 24.2. The number of amides is 1. The Hall–Kier alpha value is -4.14. The Bertz CT molecular complexity index is 1360. The van der Waals surface area contributed by atoms with E-state index in [9.17, 15) is 14.8 Å². The second kappa shape index (κ2) is 10.0. The molecule has 8 nitrogen and oxygen atoms in total. The van der Waals surface area contributed by atoms with E-state index >= 15 is 0 Å². The third-order valence-corrected chi connectivity index (χ3v) is 6.34. The van der Waals surface area contributed by atoms with Crippen molar-refractivity contribution in [1.29, 1.82) is 0 Å². The molecule has 1 aliphatic rings. The van der Waals surface area contributed by atoms with Crippen LogP contribution in [0.1, 0.15) is 16.1 Å².